The van der Waals surface area contributed by atoms with Gasteiger partial charge in [0, 0.05) is 48.5 Å². The number of amides is 1. The van der Waals surface area contributed by atoms with Crippen LogP contribution in [0.1, 0.15) is 11.1 Å². The molecule has 0 spiro atoms. The predicted molar refractivity (Wildman–Crippen MR) is 104 cm³/mol. The molecule has 0 N–H and O–H groups in total. The number of rotatable bonds is 2. The number of anilines is 1. The van der Waals surface area contributed by atoms with Crippen molar-refractivity contribution in [2.45, 2.75) is 0 Å². The second-order valence-corrected chi connectivity index (χ2v) is 6.79. The second-order valence-electron chi connectivity index (χ2n) is 5.94. The van der Waals surface area contributed by atoms with Crippen molar-refractivity contribution in [1.29, 1.82) is 0 Å². The summed E-state index contributed by atoms with van der Waals surface area (Å²) in [6.07, 6.45) is 1.70. The number of carbonyl (C=O) groups excluding carboxylic acids is 1. The van der Waals surface area contributed by atoms with E-state index in [-0.39, 0.29) is 5.91 Å². The van der Waals surface area contributed by atoms with Crippen LogP contribution < -0.4 is 4.90 Å². The fourth-order valence-electron chi connectivity index (χ4n) is 2.69. The number of halogens is 2. The third-order valence-electron chi connectivity index (χ3n) is 3.84. The summed E-state index contributed by atoms with van der Waals surface area (Å²) in [6, 6.07) is 12.8. The van der Waals surface area contributed by atoms with Crippen molar-refractivity contribution < 1.29 is 4.79 Å². The van der Waals surface area contributed by atoms with Gasteiger partial charge in [0.2, 0.25) is 0 Å². The number of likely N-dealkylation sites (N-methyl/N-ethyl adjacent to an activating group) is 1. The quantitative estimate of drug-likeness (QED) is 0.739. The Kier molecular flexibility index (Phi) is 4.84. The van der Waals surface area contributed by atoms with E-state index in [9.17, 15) is 4.79 Å². The summed E-state index contributed by atoms with van der Waals surface area (Å²) in [5, 5.41) is 1.13. The van der Waals surface area contributed by atoms with E-state index in [1.54, 1.807) is 41.2 Å². The molecule has 1 aliphatic rings. The highest BCUT2D eigenvalue weighted by molar-refractivity contribution is 6.37. The minimum atomic E-state index is -0.195. The van der Waals surface area contributed by atoms with Crippen LogP contribution in [0, 0.1) is 0 Å². The van der Waals surface area contributed by atoms with Gasteiger partial charge in [-0.1, -0.05) is 41.4 Å². The van der Waals surface area contributed by atoms with Gasteiger partial charge in [0.25, 0.3) is 5.91 Å². The molecule has 1 heterocycles. The first-order valence-corrected chi connectivity index (χ1v) is 8.44. The van der Waals surface area contributed by atoms with Gasteiger partial charge < -0.3 is 9.80 Å². The lowest BCUT2D eigenvalue weighted by atomic mass is 10.00. The van der Waals surface area contributed by atoms with Crippen LogP contribution in [0.5, 0.6) is 0 Å². The lowest BCUT2D eigenvalue weighted by Gasteiger charge is -2.18. The molecule has 0 saturated heterocycles. The van der Waals surface area contributed by atoms with Crippen LogP contribution in [0.2, 0.25) is 10.0 Å². The van der Waals surface area contributed by atoms with Crippen LogP contribution in [0.15, 0.2) is 59.4 Å². The Balaban J connectivity index is 2.34. The highest BCUT2D eigenvalue weighted by Gasteiger charge is 2.27. The SMILES string of the molecule is CN(C)C=C1N=C(c2ccccc2Cl)c2cc(Cl)ccc2N(C)C1=O. The molecular weight excluding hydrogens is 357 g/mol. The van der Waals surface area contributed by atoms with E-state index < -0.39 is 0 Å². The van der Waals surface area contributed by atoms with Crippen LogP contribution in [0.25, 0.3) is 0 Å². The fraction of sp³-hybridized carbons (Fsp3) is 0.158. The molecular formula is C19H17Cl2N3O. The molecule has 0 aliphatic carbocycles. The Hall–Kier alpha value is -2.30. The molecule has 1 aliphatic heterocycles. The van der Waals surface area contributed by atoms with Gasteiger partial charge in [-0.3, -0.25) is 4.79 Å². The first-order valence-electron chi connectivity index (χ1n) is 7.68. The maximum absolute atomic E-state index is 12.8. The molecule has 3 rings (SSSR count). The van der Waals surface area contributed by atoms with E-state index in [1.807, 2.05) is 38.4 Å². The van der Waals surface area contributed by atoms with Crippen LogP contribution in [0.3, 0.4) is 0 Å². The minimum Gasteiger partial charge on any atom is -0.382 e. The molecule has 1 amide bonds. The monoisotopic (exact) mass is 373 g/mol. The van der Waals surface area contributed by atoms with Gasteiger partial charge >= 0.3 is 0 Å². The molecule has 2 aromatic rings. The molecule has 6 heteroatoms. The van der Waals surface area contributed by atoms with Gasteiger partial charge in [0.15, 0.2) is 0 Å². The highest BCUT2D eigenvalue weighted by atomic mass is 35.5. The van der Waals surface area contributed by atoms with Crippen molar-refractivity contribution in [2.24, 2.45) is 4.99 Å². The van der Waals surface area contributed by atoms with Crippen molar-refractivity contribution in [3.63, 3.8) is 0 Å². The summed E-state index contributed by atoms with van der Waals surface area (Å²) < 4.78 is 0. The zero-order valence-electron chi connectivity index (χ0n) is 14.1. The summed E-state index contributed by atoms with van der Waals surface area (Å²) in [5.74, 6) is -0.195. The number of aliphatic imine (C=N–C) groups is 1. The summed E-state index contributed by atoms with van der Waals surface area (Å²) >= 11 is 12.6. The molecule has 4 nitrogen and oxygen atoms in total. The van der Waals surface area contributed by atoms with Gasteiger partial charge in [0.1, 0.15) is 5.70 Å². The second kappa shape index (κ2) is 6.90. The van der Waals surface area contributed by atoms with Crippen molar-refractivity contribution in [2.75, 3.05) is 26.0 Å². The highest BCUT2D eigenvalue weighted by Crippen LogP contribution is 2.32. The molecule has 0 atom stereocenters. The van der Waals surface area contributed by atoms with Crippen LogP contribution in [-0.2, 0) is 4.79 Å². The standard InChI is InChI=1S/C19H17Cl2N3O/c1-23(2)11-16-19(25)24(3)17-9-8-12(20)10-14(17)18(22-16)13-6-4-5-7-15(13)21/h4-11H,1-3H3. The number of benzodiazepines with no additional fused rings is 1. The van der Waals surface area contributed by atoms with Gasteiger partial charge in [0.05, 0.1) is 11.4 Å². The Bertz CT molecular complexity index is 903. The van der Waals surface area contributed by atoms with Crippen LogP contribution in [-0.4, -0.2) is 37.7 Å². The Morgan fingerprint density at radius 2 is 1.80 bits per heavy atom. The van der Waals surface area contributed by atoms with E-state index in [2.05, 4.69) is 4.99 Å². The summed E-state index contributed by atoms with van der Waals surface area (Å²) in [5.41, 5.74) is 3.19. The van der Waals surface area contributed by atoms with E-state index >= 15 is 0 Å². The van der Waals surface area contributed by atoms with Crippen molar-refractivity contribution >= 4 is 40.5 Å². The number of benzene rings is 2. The average Bonchev–Trinajstić information content (AvgIpc) is 2.66. The number of carbonyl (C=O) groups is 1. The molecule has 25 heavy (non-hydrogen) atoms. The third kappa shape index (κ3) is 3.41. The summed E-state index contributed by atoms with van der Waals surface area (Å²) in [7, 11) is 5.42. The minimum absolute atomic E-state index is 0.195. The Morgan fingerprint density at radius 1 is 1.08 bits per heavy atom. The summed E-state index contributed by atoms with van der Waals surface area (Å²) in [6.45, 7) is 0. The maximum atomic E-state index is 12.8. The van der Waals surface area contributed by atoms with Gasteiger partial charge in [-0.25, -0.2) is 4.99 Å². The van der Waals surface area contributed by atoms with Gasteiger partial charge in [-0.15, -0.1) is 0 Å². The van der Waals surface area contributed by atoms with Crippen molar-refractivity contribution in [3.05, 3.63) is 75.5 Å². The van der Waals surface area contributed by atoms with Gasteiger partial charge in [-0.2, -0.15) is 0 Å². The lowest BCUT2D eigenvalue weighted by molar-refractivity contribution is -0.114. The number of hydrogen-bond donors (Lipinski definition) is 0. The Morgan fingerprint density at radius 3 is 2.48 bits per heavy atom. The van der Waals surface area contributed by atoms with E-state index in [0.717, 1.165) is 16.8 Å². The van der Waals surface area contributed by atoms with Crippen LogP contribution >= 0.6 is 23.2 Å². The molecule has 128 valence electrons. The number of fused-ring (bicyclic) bond motifs is 1. The van der Waals surface area contributed by atoms with Gasteiger partial charge in [-0.05, 0) is 24.3 Å². The average molecular weight is 374 g/mol. The zero-order chi connectivity index (χ0) is 18.1. The fourth-order valence-corrected chi connectivity index (χ4v) is 3.08. The molecule has 0 saturated carbocycles. The first-order chi connectivity index (χ1) is 11.9. The normalized spacial score (nSPS) is 15.7. The molecule has 0 aromatic heterocycles. The van der Waals surface area contributed by atoms with E-state index in [4.69, 9.17) is 23.2 Å². The largest absolute Gasteiger partial charge is 0.382 e. The maximum Gasteiger partial charge on any atom is 0.278 e. The first kappa shape index (κ1) is 17.5. The molecule has 2 aromatic carbocycles. The molecule has 0 unspecified atom stereocenters. The van der Waals surface area contributed by atoms with E-state index in [1.165, 1.54) is 0 Å². The van der Waals surface area contributed by atoms with E-state index in [0.29, 0.717) is 21.5 Å². The number of nitrogens with zero attached hydrogens (tertiary/aromatic N) is 3. The molecule has 0 bridgehead atoms. The zero-order valence-corrected chi connectivity index (χ0v) is 15.6. The predicted octanol–water partition coefficient (Wildman–Crippen LogP) is 4.21. The molecule has 0 radical (unpaired) electrons. The Labute approximate surface area is 157 Å². The van der Waals surface area contributed by atoms with Crippen molar-refractivity contribution in [1.82, 2.24) is 4.90 Å². The van der Waals surface area contributed by atoms with Crippen molar-refractivity contribution in [3.8, 4) is 0 Å². The number of hydrogen-bond acceptors (Lipinski definition) is 3. The smallest absolute Gasteiger partial charge is 0.278 e. The molecule has 0 fully saturated rings. The third-order valence-corrected chi connectivity index (χ3v) is 4.41. The summed E-state index contributed by atoms with van der Waals surface area (Å²) in [4.78, 5) is 20.9. The lowest BCUT2D eigenvalue weighted by Crippen LogP contribution is -2.27. The van der Waals surface area contributed by atoms with Crippen LogP contribution in [0.4, 0.5) is 5.69 Å². The topological polar surface area (TPSA) is 35.9 Å².